The van der Waals surface area contributed by atoms with Crippen LogP contribution in [-0.2, 0) is 4.74 Å². The number of likely N-dealkylation sites (N-methyl/N-ethyl adjacent to an activating group) is 1. The zero-order chi connectivity index (χ0) is 14.7. The van der Waals surface area contributed by atoms with Crippen molar-refractivity contribution < 1.29 is 14.6 Å². The van der Waals surface area contributed by atoms with Gasteiger partial charge < -0.3 is 19.1 Å². The molecule has 1 N–H and O–H groups in total. The summed E-state index contributed by atoms with van der Waals surface area (Å²) in [4.78, 5) is 18.0. The molecule has 2 heterocycles. The van der Waals surface area contributed by atoms with E-state index < -0.39 is 6.10 Å². The number of imidazole rings is 1. The van der Waals surface area contributed by atoms with Crippen LogP contribution in [0.25, 0.3) is 5.65 Å². The third-order valence-corrected chi connectivity index (χ3v) is 3.11. The number of ether oxygens (including phenoxy) is 1. The topological polar surface area (TPSA) is 67.1 Å². The molecule has 0 aliphatic heterocycles. The first-order valence-corrected chi connectivity index (χ1v) is 6.40. The monoisotopic (exact) mass is 277 g/mol. The number of aryl methyl sites for hydroxylation is 1. The van der Waals surface area contributed by atoms with Gasteiger partial charge in [0.2, 0.25) is 0 Å². The van der Waals surface area contributed by atoms with Crippen molar-refractivity contribution in [2.75, 3.05) is 27.3 Å². The molecule has 0 spiro atoms. The second kappa shape index (κ2) is 6.02. The van der Waals surface area contributed by atoms with E-state index in [1.165, 1.54) is 12.0 Å². The number of methoxy groups -OCH3 is 1. The maximum Gasteiger partial charge on any atom is 0.273 e. The Morgan fingerprint density at radius 2 is 2.30 bits per heavy atom. The number of amides is 1. The Morgan fingerprint density at radius 3 is 2.95 bits per heavy atom. The Morgan fingerprint density at radius 1 is 1.55 bits per heavy atom. The molecule has 20 heavy (non-hydrogen) atoms. The lowest BCUT2D eigenvalue weighted by atomic mass is 10.3. The highest BCUT2D eigenvalue weighted by Crippen LogP contribution is 2.10. The molecule has 6 heteroatoms. The third kappa shape index (κ3) is 2.97. The number of pyridine rings is 1. The highest BCUT2D eigenvalue weighted by Gasteiger charge is 2.18. The molecule has 0 aliphatic rings. The van der Waals surface area contributed by atoms with Gasteiger partial charge in [0.15, 0.2) is 0 Å². The van der Waals surface area contributed by atoms with E-state index in [1.807, 2.05) is 29.5 Å². The largest absolute Gasteiger partial charge is 0.389 e. The Kier molecular flexibility index (Phi) is 4.36. The molecule has 2 rings (SSSR count). The number of nitrogens with zero attached hydrogens (tertiary/aromatic N) is 3. The lowest BCUT2D eigenvalue weighted by Crippen LogP contribution is -2.36. The van der Waals surface area contributed by atoms with Gasteiger partial charge in [0.25, 0.3) is 5.91 Å². The Balaban J connectivity index is 2.16. The lowest BCUT2D eigenvalue weighted by Gasteiger charge is -2.19. The van der Waals surface area contributed by atoms with Crippen molar-refractivity contribution in [1.82, 2.24) is 14.3 Å². The fourth-order valence-corrected chi connectivity index (χ4v) is 2.09. The maximum atomic E-state index is 12.3. The smallest absolute Gasteiger partial charge is 0.273 e. The molecule has 2 aromatic heterocycles. The SMILES string of the molecule is COCC(O)CN(C)C(=O)c1cn2c(C)cccc2n1. The molecule has 0 saturated carbocycles. The van der Waals surface area contributed by atoms with Crippen LogP contribution < -0.4 is 0 Å². The number of carbonyl (C=O) groups is 1. The van der Waals surface area contributed by atoms with Crippen LogP contribution in [0.2, 0.25) is 0 Å². The van der Waals surface area contributed by atoms with Gasteiger partial charge in [0.05, 0.1) is 12.7 Å². The molecule has 0 fully saturated rings. The van der Waals surface area contributed by atoms with E-state index >= 15 is 0 Å². The van der Waals surface area contributed by atoms with Crippen LogP contribution in [0, 0.1) is 6.92 Å². The number of rotatable bonds is 5. The Labute approximate surface area is 117 Å². The van der Waals surface area contributed by atoms with E-state index in [2.05, 4.69) is 4.98 Å². The Bertz CT molecular complexity index is 609. The van der Waals surface area contributed by atoms with E-state index in [9.17, 15) is 9.90 Å². The standard InChI is InChI=1S/C14H19N3O3/c1-10-5-4-6-13-15-12(8-17(10)13)14(19)16(2)7-11(18)9-20-3/h4-6,8,11,18H,7,9H2,1-3H3. The minimum atomic E-state index is -0.701. The quantitative estimate of drug-likeness (QED) is 0.874. The summed E-state index contributed by atoms with van der Waals surface area (Å²) >= 11 is 0. The molecular formula is C14H19N3O3. The van der Waals surface area contributed by atoms with Crippen molar-refractivity contribution >= 4 is 11.6 Å². The van der Waals surface area contributed by atoms with Crippen molar-refractivity contribution in [3.8, 4) is 0 Å². The predicted octanol–water partition coefficient (Wildman–Crippen LogP) is 0.722. The summed E-state index contributed by atoms with van der Waals surface area (Å²) in [5, 5.41) is 9.65. The van der Waals surface area contributed by atoms with E-state index in [-0.39, 0.29) is 19.1 Å². The second-order valence-electron chi connectivity index (χ2n) is 4.82. The molecule has 0 radical (unpaired) electrons. The van der Waals surface area contributed by atoms with Gasteiger partial charge in [-0.3, -0.25) is 4.79 Å². The second-order valence-corrected chi connectivity index (χ2v) is 4.82. The maximum absolute atomic E-state index is 12.3. The first-order chi connectivity index (χ1) is 9.52. The highest BCUT2D eigenvalue weighted by molar-refractivity contribution is 5.92. The summed E-state index contributed by atoms with van der Waals surface area (Å²) in [6.45, 7) is 2.36. The van der Waals surface area contributed by atoms with Crippen LogP contribution in [0.3, 0.4) is 0 Å². The summed E-state index contributed by atoms with van der Waals surface area (Å²) in [6, 6.07) is 5.70. The number of aliphatic hydroxyl groups is 1. The number of hydrogen-bond acceptors (Lipinski definition) is 4. The van der Waals surface area contributed by atoms with Gasteiger partial charge in [0.1, 0.15) is 11.3 Å². The van der Waals surface area contributed by atoms with E-state index in [0.717, 1.165) is 11.3 Å². The van der Waals surface area contributed by atoms with Crippen LogP contribution in [0.1, 0.15) is 16.2 Å². The average molecular weight is 277 g/mol. The summed E-state index contributed by atoms with van der Waals surface area (Å²) in [5.41, 5.74) is 2.11. The molecule has 0 aromatic carbocycles. The van der Waals surface area contributed by atoms with Gasteiger partial charge in [-0.15, -0.1) is 0 Å². The van der Waals surface area contributed by atoms with Gasteiger partial charge >= 0.3 is 0 Å². The molecule has 0 saturated heterocycles. The van der Waals surface area contributed by atoms with Crippen LogP contribution in [0.4, 0.5) is 0 Å². The number of aromatic nitrogens is 2. The first kappa shape index (κ1) is 14.5. The van der Waals surface area contributed by atoms with Gasteiger partial charge in [-0.2, -0.15) is 0 Å². The van der Waals surface area contributed by atoms with Crippen LogP contribution in [0.5, 0.6) is 0 Å². The molecule has 1 unspecified atom stereocenters. The fraction of sp³-hybridized carbons (Fsp3) is 0.429. The predicted molar refractivity (Wildman–Crippen MR) is 74.8 cm³/mol. The fourth-order valence-electron chi connectivity index (χ4n) is 2.09. The van der Waals surface area contributed by atoms with Crippen molar-refractivity contribution in [2.45, 2.75) is 13.0 Å². The summed E-state index contributed by atoms with van der Waals surface area (Å²) in [6.07, 6.45) is 1.01. The van der Waals surface area contributed by atoms with Crippen LogP contribution in [0.15, 0.2) is 24.4 Å². The molecular weight excluding hydrogens is 258 g/mol. The summed E-state index contributed by atoms with van der Waals surface area (Å²) < 4.78 is 6.71. The molecule has 0 aliphatic carbocycles. The van der Waals surface area contributed by atoms with Gasteiger partial charge in [-0.1, -0.05) is 6.07 Å². The molecule has 1 amide bonds. The zero-order valence-corrected chi connectivity index (χ0v) is 11.9. The van der Waals surface area contributed by atoms with Crippen molar-refractivity contribution in [2.24, 2.45) is 0 Å². The van der Waals surface area contributed by atoms with Gasteiger partial charge in [0, 0.05) is 32.6 Å². The minimum absolute atomic E-state index is 0.196. The van der Waals surface area contributed by atoms with Crippen molar-refractivity contribution in [3.05, 3.63) is 35.8 Å². The molecule has 2 aromatic rings. The van der Waals surface area contributed by atoms with E-state index in [0.29, 0.717) is 5.69 Å². The Hall–Kier alpha value is -1.92. The normalized spacial score (nSPS) is 12.6. The van der Waals surface area contributed by atoms with E-state index in [4.69, 9.17) is 4.74 Å². The number of carbonyl (C=O) groups excluding carboxylic acids is 1. The van der Waals surface area contributed by atoms with E-state index in [1.54, 1.807) is 13.2 Å². The van der Waals surface area contributed by atoms with Crippen molar-refractivity contribution in [3.63, 3.8) is 0 Å². The number of aliphatic hydroxyl groups excluding tert-OH is 1. The zero-order valence-electron chi connectivity index (χ0n) is 11.9. The number of fused-ring (bicyclic) bond motifs is 1. The molecule has 1 atom stereocenters. The van der Waals surface area contributed by atoms with Crippen molar-refractivity contribution in [1.29, 1.82) is 0 Å². The van der Waals surface area contributed by atoms with Gasteiger partial charge in [-0.05, 0) is 19.1 Å². The van der Waals surface area contributed by atoms with Gasteiger partial charge in [-0.25, -0.2) is 4.98 Å². The number of hydrogen-bond donors (Lipinski definition) is 1. The molecule has 6 nitrogen and oxygen atoms in total. The minimum Gasteiger partial charge on any atom is -0.389 e. The lowest BCUT2D eigenvalue weighted by molar-refractivity contribution is 0.0378. The van der Waals surface area contributed by atoms with Crippen LogP contribution >= 0.6 is 0 Å². The highest BCUT2D eigenvalue weighted by atomic mass is 16.5. The molecule has 0 bridgehead atoms. The molecule has 108 valence electrons. The average Bonchev–Trinajstić information content (AvgIpc) is 2.83. The van der Waals surface area contributed by atoms with Crippen LogP contribution in [-0.4, -0.2) is 58.7 Å². The third-order valence-electron chi connectivity index (χ3n) is 3.11. The summed E-state index contributed by atoms with van der Waals surface area (Å²) in [7, 11) is 3.15. The summed E-state index contributed by atoms with van der Waals surface area (Å²) in [5.74, 6) is -0.219. The first-order valence-electron chi connectivity index (χ1n) is 6.40.